The van der Waals surface area contributed by atoms with E-state index in [4.69, 9.17) is 10.7 Å². The van der Waals surface area contributed by atoms with Crippen molar-refractivity contribution in [3.63, 3.8) is 0 Å². The van der Waals surface area contributed by atoms with Crippen LogP contribution < -0.4 is 0 Å². The quantitative estimate of drug-likeness (QED) is 0.711. The van der Waals surface area contributed by atoms with Crippen LogP contribution in [0, 0.1) is 6.92 Å². The Morgan fingerprint density at radius 3 is 2.70 bits per heavy atom. The van der Waals surface area contributed by atoms with Gasteiger partial charge in [0.25, 0.3) is 0 Å². The number of benzene rings is 1. The van der Waals surface area contributed by atoms with Crippen LogP contribution in [-0.4, -0.2) is 0 Å². The predicted octanol–water partition coefficient (Wildman–Crippen LogP) is 4.00. The van der Waals surface area contributed by atoms with Crippen LogP contribution in [0.2, 0.25) is 0 Å². The third-order valence-corrected chi connectivity index (χ3v) is 3.13. The summed E-state index contributed by atoms with van der Waals surface area (Å²) < 4.78 is 1.05. The minimum Gasteiger partial charge on any atom is -0.0581 e. The van der Waals surface area contributed by atoms with E-state index in [9.17, 15) is 0 Å². The summed E-state index contributed by atoms with van der Waals surface area (Å²) in [6, 6.07) is 6.09. The van der Waals surface area contributed by atoms with Crippen molar-refractivity contribution >= 4 is 37.6 Å². The molecule has 1 aromatic carbocycles. The molecule has 3 heteroatoms. The van der Waals surface area contributed by atoms with Crippen molar-refractivity contribution in [2.24, 2.45) is 0 Å². The van der Waals surface area contributed by atoms with E-state index in [1.54, 1.807) is 0 Å². The first-order valence-corrected chi connectivity index (χ1v) is 5.22. The Morgan fingerprint density at radius 2 is 2.20 bits per heavy atom. The average Bonchev–Trinajstić information content (AvgIpc) is 1.94. The Morgan fingerprint density at radius 1 is 1.50 bits per heavy atom. The number of rotatable bonds is 1. The van der Waals surface area contributed by atoms with E-state index in [0.29, 0.717) is 0 Å². The van der Waals surface area contributed by atoms with E-state index in [2.05, 4.69) is 15.9 Å². The molecule has 0 aliphatic carbocycles. The van der Waals surface area contributed by atoms with Crippen LogP contribution in [0.5, 0.6) is 0 Å². The second kappa shape index (κ2) is 3.65. The van der Waals surface area contributed by atoms with Crippen molar-refractivity contribution in [2.75, 3.05) is 0 Å². The summed E-state index contributed by atoms with van der Waals surface area (Å²) in [5, 5.41) is 0. The van der Waals surface area contributed by atoms with Gasteiger partial charge in [-0.15, -0.1) is 0 Å². The van der Waals surface area contributed by atoms with E-state index < -0.39 is 0 Å². The number of halogens is 2. The first kappa shape index (κ1) is 8.44. The minimum atomic E-state index is 1.05. The SMILES string of the molecule is Cc1ccc(Br)c(SCl)c1. The molecule has 0 saturated carbocycles. The van der Waals surface area contributed by atoms with Crippen LogP contribution in [0.15, 0.2) is 27.6 Å². The minimum absolute atomic E-state index is 1.05. The van der Waals surface area contributed by atoms with E-state index in [0.717, 1.165) is 9.37 Å². The zero-order valence-corrected chi connectivity index (χ0v) is 8.55. The second-order valence-electron chi connectivity index (χ2n) is 2.01. The molecule has 0 aromatic heterocycles. The summed E-state index contributed by atoms with van der Waals surface area (Å²) in [6.45, 7) is 2.04. The number of hydrogen-bond acceptors (Lipinski definition) is 1. The monoisotopic (exact) mass is 236 g/mol. The fraction of sp³-hybridized carbons (Fsp3) is 0.143. The van der Waals surface area contributed by atoms with Crippen LogP contribution >= 0.6 is 37.6 Å². The molecule has 0 aliphatic heterocycles. The zero-order valence-electron chi connectivity index (χ0n) is 5.40. The van der Waals surface area contributed by atoms with Crippen molar-refractivity contribution < 1.29 is 0 Å². The lowest BCUT2D eigenvalue weighted by Crippen LogP contribution is -1.74. The van der Waals surface area contributed by atoms with Crippen molar-refractivity contribution in [1.29, 1.82) is 0 Å². The van der Waals surface area contributed by atoms with Gasteiger partial charge in [0.2, 0.25) is 0 Å². The lowest BCUT2D eigenvalue weighted by atomic mass is 10.2. The van der Waals surface area contributed by atoms with Crippen molar-refractivity contribution in [3.8, 4) is 0 Å². The standard InChI is InChI=1S/C7H6BrClS/c1-5-2-3-6(8)7(4-5)10-9/h2-4H,1H3. The second-order valence-corrected chi connectivity index (χ2v) is 3.92. The molecule has 0 fully saturated rings. The summed E-state index contributed by atoms with van der Waals surface area (Å²) in [5.41, 5.74) is 1.23. The molecule has 0 unspecified atom stereocenters. The summed E-state index contributed by atoms with van der Waals surface area (Å²) in [7, 11) is 6.83. The molecule has 1 aromatic rings. The molecule has 0 aliphatic rings. The highest BCUT2D eigenvalue weighted by atomic mass is 79.9. The van der Waals surface area contributed by atoms with Crippen molar-refractivity contribution in [1.82, 2.24) is 0 Å². The van der Waals surface area contributed by atoms with Gasteiger partial charge in [-0.1, -0.05) is 6.07 Å². The third kappa shape index (κ3) is 1.91. The van der Waals surface area contributed by atoms with Crippen LogP contribution in [0.25, 0.3) is 0 Å². The summed E-state index contributed by atoms with van der Waals surface area (Å²) in [5.74, 6) is 0. The molecule has 0 amide bonds. The normalized spacial score (nSPS) is 9.90. The van der Waals surface area contributed by atoms with Crippen molar-refractivity contribution in [2.45, 2.75) is 11.8 Å². The summed E-state index contributed by atoms with van der Waals surface area (Å²) in [6.07, 6.45) is 0. The van der Waals surface area contributed by atoms with E-state index in [1.165, 1.54) is 16.5 Å². The van der Waals surface area contributed by atoms with Gasteiger partial charge < -0.3 is 0 Å². The van der Waals surface area contributed by atoms with Crippen LogP contribution in [0.3, 0.4) is 0 Å². The molecular weight excluding hydrogens is 232 g/mol. The van der Waals surface area contributed by atoms with Gasteiger partial charge in [-0.2, -0.15) is 0 Å². The van der Waals surface area contributed by atoms with Gasteiger partial charge in [0, 0.05) is 9.37 Å². The zero-order chi connectivity index (χ0) is 7.56. The summed E-state index contributed by atoms with van der Waals surface area (Å²) >= 11 is 3.39. The number of hydrogen-bond donors (Lipinski definition) is 0. The van der Waals surface area contributed by atoms with Crippen LogP contribution in [-0.2, 0) is 0 Å². The van der Waals surface area contributed by atoms with Gasteiger partial charge in [0.05, 0.1) is 0 Å². The molecule has 10 heavy (non-hydrogen) atoms. The molecule has 0 heterocycles. The number of aryl methyl sites for hydroxylation is 1. The fourth-order valence-electron chi connectivity index (χ4n) is 0.670. The topological polar surface area (TPSA) is 0 Å². The largest absolute Gasteiger partial charge is 0.0581 e. The molecule has 0 radical (unpaired) electrons. The maximum atomic E-state index is 5.59. The molecule has 0 saturated heterocycles. The Balaban J connectivity index is 3.09. The van der Waals surface area contributed by atoms with E-state index in [1.807, 2.05) is 25.1 Å². The molecule has 1 rings (SSSR count). The van der Waals surface area contributed by atoms with Crippen molar-refractivity contribution in [3.05, 3.63) is 28.2 Å². The van der Waals surface area contributed by atoms with E-state index in [-0.39, 0.29) is 0 Å². The summed E-state index contributed by atoms with van der Waals surface area (Å²) in [4.78, 5) is 1.07. The Kier molecular flexibility index (Phi) is 3.08. The molecule has 0 N–H and O–H groups in total. The van der Waals surface area contributed by atoms with Gasteiger partial charge in [0.15, 0.2) is 0 Å². The van der Waals surface area contributed by atoms with Gasteiger partial charge in [0.1, 0.15) is 0 Å². The van der Waals surface area contributed by atoms with Crippen LogP contribution in [0.1, 0.15) is 5.56 Å². The lowest BCUT2D eigenvalue weighted by Gasteiger charge is -1.98. The highest BCUT2D eigenvalue weighted by Crippen LogP contribution is 2.30. The maximum Gasteiger partial charge on any atom is 0.0378 e. The molecule has 0 nitrogen and oxygen atoms in total. The maximum absolute atomic E-state index is 5.59. The third-order valence-electron chi connectivity index (χ3n) is 1.17. The fourth-order valence-corrected chi connectivity index (χ4v) is 2.19. The van der Waals surface area contributed by atoms with Gasteiger partial charge >= 0.3 is 0 Å². The Labute approximate surface area is 77.6 Å². The molecule has 54 valence electrons. The van der Waals surface area contributed by atoms with E-state index >= 15 is 0 Å². The Bertz CT molecular complexity index is 237. The van der Waals surface area contributed by atoms with Gasteiger partial charge in [-0.25, -0.2) is 0 Å². The van der Waals surface area contributed by atoms with Gasteiger partial charge in [-0.3, -0.25) is 0 Å². The molecule has 0 spiro atoms. The molecule has 0 bridgehead atoms. The predicted molar refractivity (Wildman–Crippen MR) is 50.6 cm³/mol. The van der Waals surface area contributed by atoms with Gasteiger partial charge in [-0.05, 0) is 62.2 Å². The Hall–Kier alpha value is 0.340. The smallest absolute Gasteiger partial charge is 0.0378 e. The highest BCUT2D eigenvalue weighted by molar-refractivity contribution is 9.10. The highest BCUT2D eigenvalue weighted by Gasteiger charge is 1.97. The lowest BCUT2D eigenvalue weighted by molar-refractivity contribution is 1.33. The average molecular weight is 238 g/mol. The molecular formula is C7H6BrClS. The van der Waals surface area contributed by atoms with Crippen LogP contribution in [0.4, 0.5) is 0 Å². The molecule has 0 atom stereocenters. The first-order chi connectivity index (χ1) is 4.74. The first-order valence-electron chi connectivity index (χ1n) is 2.79.